The molecule has 0 bridgehead atoms. The van der Waals surface area contributed by atoms with Crippen LogP contribution < -0.4 is 9.80 Å². The molecule has 0 saturated carbocycles. The largest absolute Gasteiger partial charge is 0.478 e. The molecule has 0 unspecified atom stereocenters. The summed E-state index contributed by atoms with van der Waals surface area (Å²) in [6, 6.07) is 5.20. The van der Waals surface area contributed by atoms with Crippen molar-refractivity contribution in [1.29, 1.82) is 0 Å². The van der Waals surface area contributed by atoms with Gasteiger partial charge in [-0.2, -0.15) is 0 Å². The molecule has 5 heteroatoms. The number of anilines is 2. The molecule has 1 aliphatic rings. The number of carboxylic acid groups (broad SMARTS) is 1. The number of carbonyl (C=O) groups is 2. The minimum absolute atomic E-state index is 0.0713. The number of carbonyl (C=O) groups excluding carboxylic acids is 1. The standard InChI is InChI=1S/C16H22N2O3/c1-3-7-17(4-2)13-9-12(16(20)21)10-14(11-13)18-8-5-6-15(18)19/h9-11H,3-8H2,1-2H3,(H,20,21). The van der Waals surface area contributed by atoms with E-state index in [0.29, 0.717) is 18.7 Å². The van der Waals surface area contributed by atoms with Gasteiger partial charge in [0.05, 0.1) is 5.56 Å². The van der Waals surface area contributed by atoms with E-state index in [9.17, 15) is 14.7 Å². The first-order valence-electron chi connectivity index (χ1n) is 7.50. The maximum Gasteiger partial charge on any atom is 0.335 e. The van der Waals surface area contributed by atoms with Gasteiger partial charge in [-0.3, -0.25) is 4.79 Å². The molecule has 2 rings (SSSR count). The highest BCUT2D eigenvalue weighted by molar-refractivity contribution is 5.98. The third-order valence-corrected chi connectivity index (χ3v) is 3.77. The molecule has 0 aliphatic carbocycles. The maximum absolute atomic E-state index is 11.9. The van der Waals surface area contributed by atoms with Crippen molar-refractivity contribution in [3.63, 3.8) is 0 Å². The van der Waals surface area contributed by atoms with Crippen LogP contribution in [0.5, 0.6) is 0 Å². The number of hydrogen-bond donors (Lipinski definition) is 1. The Hall–Kier alpha value is -2.04. The normalized spacial score (nSPS) is 14.6. The predicted molar refractivity (Wildman–Crippen MR) is 83.2 cm³/mol. The van der Waals surface area contributed by atoms with Crippen molar-refractivity contribution >= 4 is 23.3 Å². The Morgan fingerprint density at radius 3 is 2.62 bits per heavy atom. The van der Waals surface area contributed by atoms with E-state index in [-0.39, 0.29) is 11.5 Å². The summed E-state index contributed by atoms with van der Waals surface area (Å²) in [5.41, 5.74) is 1.80. The zero-order valence-electron chi connectivity index (χ0n) is 12.6. The number of amides is 1. The van der Waals surface area contributed by atoms with Crippen LogP contribution in [0.3, 0.4) is 0 Å². The van der Waals surface area contributed by atoms with Gasteiger partial charge in [0.15, 0.2) is 0 Å². The first kappa shape index (κ1) is 15.4. The molecule has 0 atom stereocenters. The van der Waals surface area contributed by atoms with Crippen LogP contribution in [0.2, 0.25) is 0 Å². The van der Waals surface area contributed by atoms with E-state index < -0.39 is 5.97 Å². The molecule has 21 heavy (non-hydrogen) atoms. The van der Waals surface area contributed by atoms with Crippen molar-refractivity contribution in [2.75, 3.05) is 29.4 Å². The molecule has 1 N–H and O–H groups in total. The average Bonchev–Trinajstić information content (AvgIpc) is 2.90. The summed E-state index contributed by atoms with van der Waals surface area (Å²) in [5, 5.41) is 9.30. The fourth-order valence-corrected chi connectivity index (χ4v) is 2.72. The Bertz CT molecular complexity index is 542. The van der Waals surface area contributed by atoms with Crippen molar-refractivity contribution in [2.45, 2.75) is 33.1 Å². The fraction of sp³-hybridized carbons (Fsp3) is 0.500. The molecular weight excluding hydrogens is 268 g/mol. The lowest BCUT2D eigenvalue weighted by Crippen LogP contribution is -2.26. The van der Waals surface area contributed by atoms with Gasteiger partial charge in [0.25, 0.3) is 0 Å². The molecule has 1 aromatic carbocycles. The van der Waals surface area contributed by atoms with Gasteiger partial charge in [-0.25, -0.2) is 4.79 Å². The quantitative estimate of drug-likeness (QED) is 0.875. The summed E-state index contributed by atoms with van der Waals surface area (Å²) in [4.78, 5) is 27.1. The highest BCUT2D eigenvalue weighted by atomic mass is 16.4. The Morgan fingerprint density at radius 2 is 2.10 bits per heavy atom. The summed E-state index contributed by atoms with van der Waals surface area (Å²) in [6.07, 6.45) is 2.36. The van der Waals surface area contributed by atoms with Crippen LogP contribution in [0.15, 0.2) is 18.2 Å². The maximum atomic E-state index is 11.9. The Kier molecular flexibility index (Phi) is 4.83. The Labute approximate surface area is 125 Å². The van der Waals surface area contributed by atoms with Crippen LogP contribution in [0, 0.1) is 0 Å². The monoisotopic (exact) mass is 290 g/mol. The van der Waals surface area contributed by atoms with Gasteiger partial charge in [0, 0.05) is 37.4 Å². The number of nitrogens with zero attached hydrogens (tertiary/aromatic N) is 2. The van der Waals surface area contributed by atoms with Crippen molar-refractivity contribution in [3.05, 3.63) is 23.8 Å². The van der Waals surface area contributed by atoms with Gasteiger partial charge in [0.1, 0.15) is 0 Å². The molecule has 114 valence electrons. The second-order valence-corrected chi connectivity index (χ2v) is 5.27. The van der Waals surface area contributed by atoms with Gasteiger partial charge >= 0.3 is 5.97 Å². The molecule has 1 heterocycles. The number of hydrogen-bond acceptors (Lipinski definition) is 3. The lowest BCUT2D eigenvalue weighted by Gasteiger charge is -2.25. The zero-order chi connectivity index (χ0) is 15.4. The highest BCUT2D eigenvalue weighted by Crippen LogP contribution is 2.28. The van der Waals surface area contributed by atoms with Crippen LogP contribution >= 0.6 is 0 Å². The zero-order valence-corrected chi connectivity index (χ0v) is 12.6. The smallest absolute Gasteiger partial charge is 0.335 e. The number of aromatic carboxylic acids is 1. The summed E-state index contributed by atoms with van der Waals surface area (Å²) in [5.74, 6) is -0.890. The topological polar surface area (TPSA) is 60.9 Å². The number of carboxylic acids is 1. The SMILES string of the molecule is CCCN(CC)c1cc(C(=O)O)cc(N2CCCC2=O)c1. The third-order valence-electron chi connectivity index (χ3n) is 3.77. The van der Waals surface area contributed by atoms with E-state index in [1.54, 1.807) is 17.0 Å². The number of benzene rings is 1. The molecule has 0 aromatic heterocycles. The third kappa shape index (κ3) is 3.35. The van der Waals surface area contributed by atoms with E-state index in [1.807, 2.05) is 13.0 Å². The van der Waals surface area contributed by atoms with Crippen LogP contribution in [0.4, 0.5) is 11.4 Å². The Balaban J connectivity index is 2.42. The number of rotatable bonds is 6. The van der Waals surface area contributed by atoms with Gasteiger partial charge in [-0.15, -0.1) is 0 Å². The van der Waals surface area contributed by atoms with E-state index >= 15 is 0 Å². The van der Waals surface area contributed by atoms with Crippen molar-refractivity contribution in [3.8, 4) is 0 Å². The van der Waals surface area contributed by atoms with Crippen molar-refractivity contribution < 1.29 is 14.7 Å². The molecule has 5 nitrogen and oxygen atoms in total. The predicted octanol–water partition coefficient (Wildman–Crippen LogP) is 2.75. The van der Waals surface area contributed by atoms with Crippen LogP contribution in [-0.4, -0.2) is 36.6 Å². The first-order chi connectivity index (χ1) is 10.1. The molecular formula is C16H22N2O3. The highest BCUT2D eigenvalue weighted by Gasteiger charge is 2.23. The van der Waals surface area contributed by atoms with Crippen molar-refractivity contribution in [1.82, 2.24) is 0 Å². The molecule has 1 aromatic rings. The van der Waals surface area contributed by atoms with Crippen molar-refractivity contribution in [2.24, 2.45) is 0 Å². The van der Waals surface area contributed by atoms with Gasteiger partial charge in [-0.05, 0) is 38.0 Å². The fourth-order valence-electron chi connectivity index (χ4n) is 2.72. The summed E-state index contributed by atoms with van der Waals surface area (Å²) < 4.78 is 0. The minimum Gasteiger partial charge on any atom is -0.478 e. The molecule has 1 aliphatic heterocycles. The second-order valence-electron chi connectivity index (χ2n) is 5.27. The summed E-state index contributed by atoms with van der Waals surface area (Å²) >= 11 is 0. The van der Waals surface area contributed by atoms with Crippen LogP contribution in [0.1, 0.15) is 43.5 Å². The molecule has 1 fully saturated rings. The lowest BCUT2D eigenvalue weighted by molar-refractivity contribution is -0.117. The van der Waals surface area contributed by atoms with E-state index in [2.05, 4.69) is 11.8 Å². The van der Waals surface area contributed by atoms with Crippen LogP contribution in [-0.2, 0) is 4.79 Å². The van der Waals surface area contributed by atoms with E-state index in [4.69, 9.17) is 0 Å². The lowest BCUT2D eigenvalue weighted by atomic mass is 10.1. The molecule has 1 saturated heterocycles. The summed E-state index contributed by atoms with van der Waals surface area (Å²) in [7, 11) is 0. The molecule has 1 amide bonds. The van der Waals surface area contributed by atoms with Gasteiger partial charge in [-0.1, -0.05) is 6.92 Å². The van der Waals surface area contributed by atoms with Gasteiger partial charge < -0.3 is 14.9 Å². The minimum atomic E-state index is -0.961. The second kappa shape index (κ2) is 6.61. The van der Waals surface area contributed by atoms with Gasteiger partial charge in [0.2, 0.25) is 5.91 Å². The molecule has 0 radical (unpaired) electrons. The summed E-state index contributed by atoms with van der Waals surface area (Å²) in [6.45, 7) is 6.48. The van der Waals surface area contributed by atoms with E-state index in [1.165, 1.54) is 0 Å². The first-order valence-corrected chi connectivity index (χ1v) is 7.50. The van der Waals surface area contributed by atoms with Crippen LogP contribution in [0.25, 0.3) is 0 Å². The molecule has 0 spiro atoms. The average molecular weight is 290 g/mol. The van der Waals surface area contributed by atoms with E-state index in [0.717, 1.165) is 31.6 Å². The Morgan fingerprint density at radius 1 is 1.33 bits per heavy atom.